The first kappa shape index (κ1) is 13.0. The Morgan fingerprint density at radius 2 is 2.28 bits per heavy atom. The molecule has 2 rings (SSSR count). The third kappa shape index (κ3) is 2.38. The lowest BCUT2D eigenvalue weighted by Gasteiger charge is -2.13. The first-order valence-corrected chi connectivity index (χ1v) is 6.23. The Labute approximate surface area is 111 Å². The Morgan fingerprint density at radius 1 is 1.56 bits per heavy atom. The van der Waals surface area contributed by atoms with Crippen molar-refractivity contribution in [3.05, 3.63) is 22.7 Å². The smallest absolute Gasteiger partial charge is 0.330 e. The topological polar surface area (TPSA) is 38.5 Å². The maximum absolute atomic E-state index is 11.6. The normalized spacial score (nSPS) is 17.6. The second kappa shape index (κ2) is 5.06. The molecule has 1 aliphatic heterocycles. The van der Waals surface area contributed by atoms with E-state index < -0.39 is 0 Å². The predicted molar refractivity (Wildman–Crippen MR) is 70.5 cm³/mol. The fourth-order valence-electron chi connectivity index (χ4n) is 1.88. The van der Waals surface area contributed by atoms with Gasteiger partial charge in [-0.25, -0.2) is 4.79 Å². The second-order valence-corrected chi connectivity index (χ2v) is 4.60. The number of benzene rings is 1. The van der Waals surface area contributed by atoms with E-state index in [0.29, 0.717) is 23.9 Å². The Morgan fingerprint density at radius 3 is 2.89 bits per heavy atom. The number of halogens is 1. The SMILES string of the molecule is CCOC(=O)C1CN1c1cc(C)c(Cl)cc1OC. The van der Waals surface area contributed by atoms with Gasteiger partial charge >= 0.3 is 5.97 Å². The molecule has 0 saturated carbocycles. The fraction of sp³-hybridized carbons (Fsp3) is 0.462. The minimum atomic E-state index is -0.195. The number of esters is 1. The number of ether oxygens (including phenoxy) is 2. The van der Waals surface area contributed by atoms with Crippen LogP contribution in [0.1, 0.15) is 12.5 Å². The minimum Gasteiger partial charge on any atom is -0.495 e. The maximum atomic E-state index is 11.6. The van der Waals surface area contributed by atoms with Crippen molar-refractivity contribution >= 4 is 23.3 Å². The zero-order chi connectivity index (χ0) is 13.3. The van der Waals surface area contributed by atoms with Crippen molar-refractivity contribution in [3.63, 3.8) is 0 Å². The van der Waals surface area contributed by atoms with Gasteiger partial charge < -0.3 is 14.4 Å². The first-order valence-electron chi connectivity index (χ1n) is 5.86. The average Bonchev–Trinajstić information content (AvgIpc) is 3.12. The van der Waals surface area contributed by atoms with Gasteiger partial charge in [-0.05, 0) is 25.5 Å². The number of hydrogen-bond donors (Lipinski definition) is 0. The summed E-state index contributed by atoms with van der Waals surface area (Å²) in [6.07, 6.45) is 0. The molecular formula is C13H16ClNO3. The van der Waals surface area contributed by atoms with Crippen molar-refractivity contribution in [1.29, 1.82) is 0 Å². The molecular weight excluding hydrogens is 254 g/mol. The van der Waals surface area contributed by atoms with Gasteiger partial charge in [0, 0.05) is 11.1 Å². The molecule has 0 spiro atoms. The summed E-state index contributed by atoms with van der Waals surface area (Å²) in [5.74, 6) is 0.490. The summed E-state index contributed by atoms with van der Waals surface area (Å²) in [4.78, 5) is 13.6. The van der Waals surface area contributed by atoms with Crippen LogP contribution < -0.4 is 9.64 Å². The number of nitrogens with zero attached hydrogens (tertiary/aromatic N) is 1. The Hall–Kier alpha value is -1.42. The van der Waals surface area contributed by atoms with Crippen LogP contribution >= 0.6 is 11.6 Å². The van der Waals surface area contributed by atoms with Crippen LogP contribution in [0.4, 0.5) is 5.69 Å². The maximum Gasteiger partial charge on any atom is 0.330 e. The lowest BCUT2D eigenvalue weighted by Crippen LogP contribution is -2.16. The average molecular weight is 270 g/mol. The van der Waals surface area contributed by atoms with Crippen molar-refractivity contribution in [2.75, 3.05) is 25.2 Å². The second-order valence-electron chi connectivity index (χ2n) is 4.19. The molecule has 0 aliphatic carbocycles. The van der Waals surface area contributed by atoms with Gasteiger partial charge in [0.05, 0.1) is 25.9 Å². The van der Waals surface area contributed by atoms with E-state index in [4.69, 9.17) is 21.1 Å². The van der Waals surface area contributed by atoms with Crippen LogP contribution in [-0.2, 0) is 9.53 Å². The van der Waals surface area contributed by atoms with E-state index in [9.17, 15) is 4.79 Å². The summed E-state index contributed by atoms with van der Waals surface area (Å²) in [6.45, 7) is 4.79. The van der Waals surface area contributed by atoms with E-state index in [0.717, 1.165) is 11.3 Å². The largest absolute Gasteiger partial charge is 0.495 e. The van der Waals surface area contributed by atoms with Gasteiger partial charge in [0.2, 0.25) is 0 Å². The Kier molecular flexibility index (Phi) is 3.66. The van der Waals surface area contributed by atoms with Gasteiger partial charge in [-0.3, -0.25) is 0 Å². The van der Waals surface area contributed by atoms with E-state index in [1.165, 1.54) is 0 Å². The van der Waals surface area contributed by atoms with Crippen molar-refractivity contribution in [2.45, 2.75) is 19.9 Å². The first-order chi connectivity index (χ1) is 8.58. The van der Waals surface area contributed by atoms with Crippen LogP contribution in [0, 0.1) is 6.92 Å². The van der Waals surface area contributed by atoms with Crippen LogP contribution in [0.15, 0.2) is 12.1 Å². The zero-order valence-corrected chi connectivity index (χ0v) is 11.5. The molecule has 0 bridgehead atoms. The van der Waals surface area contributed by atoms with Crippen LogP contribution in [0.5, 0.6) is 5.75 Å². The van der Waals surface area contributed by atoms with Crippen molar-refractivity contribution < 1.29 is 14.3 Å². The number of aryl methyl sites for hydroxylation is 1. The lowest BCUT2D eigenvalue weighted by atomic mass is 10.2. The van der Waals surface area contributed by atoms with E-state index in [-0.39, 0.29) is 12.0 Å². The summed E-state index contributed by atoms with van der Waals surface area (Å²) in [6, 6.07) is 3.51. The Bertz CT molecular complexity index is 476. The number of methoxy groups -OCH3 is 1. The third-order valence-corrected chi connectivity index (χ3v) is 3.35. The van der Waals surface area contributed by atoms with Crippen LogP contribution in [0.25, 0.3) is 0 Å². The van der Waals surface area contributed by atoms with Crippen molar-refractivity contribution in [3.8, 4) is 5.75 Å². The molecule has 0 amide bonds. The molecule has 1 unspecified atom stereocenters. The van der Waals surface area contributed by atoms with E-state index >= 15 is 0 Å². The third-order valence-electron chi connectivity index (χ3n) is 2.94. The molecule has 1 aliphatic rings. The Balaban J connectivity index is 2.20. The molecule has 1 saturated heterocycles. The van der Waals surface area contributed by atoms with Gasteiger partial charge in [-0.15, -0.1) is 0 Å². The zero-order valence-electron chi connectivity index (χ0n) is 10.7. The van der Waals surface area contributed by atoms with Gasteiger partial charge in [0.25, 0.3) is 0 Å². The molecule has 1 fully saturated rings. The van der Waals surface area contributed by atoms with Crippen molar-refractivity contribution in [1.82, 2.24) is 0 Å². The molecule has 0 aromatic heterocycles. The highest BCUT2D eigenvalue weighted by Gasteiger charge is 2.43. The number of hydrogen-bond acceptors (Lipinski definition) is 4. The minimum absolute atomic E-state index is 0.188. The molecule has 4 nitrogen and oxygen atoms in total. The van der Waals surface area contributed by atoms with Crippen molar-refractivity contribution in [2.24, 2.45) is 0 Å². The lowest BCUT2D eigenvalue weighted by molar-refractivity contribution is -0.142. The van der Waals surface area contributed by atoms with Gasteiger partial charge in [0.15, 0.2) is 0 Å². The molecule has 1 aromatic rings. The molecule has 1 atom stereocenters. The van der Waals surface area contributed by atoms with Crippen LogP contribution in [0.3, 0.4) is 0 Å². The summed E-state index contributed by atoms with van der Waals surface area (Å²) in [5, 5.41) is 0.658. The predicted octanol–water partition coefficient (Wildman–Crippen LogP) is 2.41. The van der Waals surface area contributed by atoms with E-state index in [1.807, 2.05) is 17.9 Å². The quantitative estimate of drug-likeness (QED) is 0.622. The van der Waals surface area contributed by atoms with Gasteiger partial charge in [-0.2, -0.15) is 0 Å². The van der Waals surface area contributed by atoms with Crippen LogP contribution in [-0.4, -0.2) is 32.3 Å². The standard InChI is InChI=1S/C13H16ClNO3/c1-4-18-13(16)11-7-15(11)10-5-8(2)9(14)6-12(10)17-3/h5-6,11H,4,7H2,1-3H3. The highest BCUT2D eigenvalue weighted by molar-refractivity contribution is 6.31. The molecule has 0 radical (unpaired) electrons. The molecule has 0 N–H and O–H groups in total. The summed E-state index contributed by atoms with van der Waals surface area (Å²) in [5.41, 5.74) is 1.85. The highest BCUT2D eigenvalue weighted by Crippen LogP contribution is 2.39. The highest BCUT2D eigenvalue weighted by atomic mass is 35.5. The molecule has 98 valence electrons. The number of rotatable bonds is 4. The number of carbonyl (C=O) groups excluding carboxylic acids is 1. The molecule has 1 aromatic carbocycles. The van der Waals surface area contributed by atoms with Gasteiger partial charge in [0.1, 0.15) is 11.8 Å². The molecule has 5 heteroatoms. The van der Waals surface area contributed by atoms with Gasteiger partial charge in [-0.1, -0.05) is 11.6 Å². The van der Waals surface area contributed by atoms with E-state index in [2.05, 4.69) is 0 Å². The molecule has 1 heterocycles. The fourth-order valence-corrected chi connectivity index (χ4v) is 2.04. The number of carbonyl (C=O) groups is 1. The summed E-state index contributed by atoms with van der Waals surface area (Å²) < 4.78 is 10.3. The van der Waals surface area contributed by atoms with Crippen LogP contribution in [0.2, 0.25) is 5.02 Å². The van der Waals surface area contributed by atoms with E-state index in [1.54, 1.807) is 20.1 Å². The molecule has 18 heavy (non-hydrogen) atoms. The summed E-state index contributed by atoms with van der Waals surface area (Å²) in [7, 11) is 1.59. The monoisotopic (exact) mass is 269 g/mol. The summed E-state index contributed by atoms with van der Waals surface area (Å²) >= 11 is 6.05. The number of anilines is 1.